The molecule has 0 unspecified atom stereocenters. The quantitative estimate of drug-likeness (QED) is 0.0349. The Labute approximate surface area is 504 Å². The molecule has 0 aliphatic heterocycles. The van der Waals surface area contributed by atoms with Gasteiger partial charge < -0.3 is 69.0 Å². The lowest BCUT2D eigenvalue weighted by molar-refractivity contribution is -0.141. The highest BCUT2D eigenvalue weighted by molar-refractivity contribution is 5.92. The normalized spacial score (nSPS) is 13.0. The Kier molecular flexibility index (Phi) is 29.2. The van der Waals surface area contributed by atoms with Crippen LogP contribution in [0.1, 0.15) is 121 Å². The fourth-order valence-electron chi connectivity index (χ4n) is 7.84. The van der Waals surface area contributed by atoms with E-state index in [1.165, 1.54) is 6.92 Å². The summed E-state index contributed by atoms with van der Waals surface area (Å²) in [5.74, 6) is -2.30. The Balaban J connectivity index is 0.000000343. The third-order valence-electron chi connectivity index (χ3n) is 12.7. The number of hydrogen-bond acceptors (Lipinski definition) is 15. The number of hydrogen-bond donors (Lipinski definition) is 11. The van der Waals surface area contributed by atoms with E-state index < -0.39 is 77.4 Å². The van der Waals surface area contributed by atoms with Gasteiger partial charge in [-0.1, -0.05) is 91.0 Å². The minimum atomic E-state index is -1.15. The SMILES string of the molecule is C[C@H](NC(=O)[C@@H](CCc1ccccc1)NC(=O)OC(C)(C)C)C(=O)O.Cc1cc(N)ncc1CNC(=O)[C@H](C)NC(=O)[C@@H](CCc1ccccc1)NC(=O)OC(C)(C)C.Cc1cc(N)ncc1CNC(=O)[C@H](C)NC(=O)[C@H](N)CCc1ccccc1. The molecule has 0 saturated carbocycles. The van der Waals surface area contributed by atoms with Crippen molar-refractivity contribution in [3.8, 4) is 0 Å². The minimum Gasteiger partial charge on any atom is -0.480 e. The molecule has 5 rings (SSSR count). The predicted octanol–water partition coefficient (Wildman–Crippen LogP) is 5.77. The molecular weight excluding hydrogens is 1100 g/mol. The van der Waals surface area contributed by atoms with Crippen LogP contribution in [0.4, 0.5) is 21.2 Å². The molecule has 6 atom stereocenters. The molecule has 0 aliphatic rings. The maximum Gasteiger partial charge on any atom is 0.408 e. The molecule has 0 radical (unpaired) electrons. The molecule has 5 aromatic rings. The zero-order valence-corrected chi connectivity index (χ0v) is 51.2. The topological polar surface area (TPSA) is 363 Å². The number of nitrogens with zero attached hydrogens (tertiary/aromatic N) is 2. The van der Waals surface area contributed by atoms with Gasteiger partial charge in [0.15, 0.2) is 0 Å². The van der Waals surface area contributed by atoms with Crippen LogP contribution in [0.3, 0.4) is 0 Å². The van der Waals surface area contributed by atoms with E-state index in [0.29, 0.717) is 56.7 Å². The molecule has 23 heteroatoms. The van der Waals surface area contributed by atoms with Crippen LogP contribution in [0, 0.1) is 13.8 Å². The van der Waals surface area contributed by atoms with Gasteiger partial charge in [0.2, 0.25) is 29.5 Å². The van der Waals surface area contributed by atoms with Crippen molar-refractivity contribution < 1.29 is 52.9 Å². The van der Waals surface area contributed by atoms with Gasteiger partial charge in [-0.25, -0.2) is 19.6 Å². The Hall–Kier alpha value is -9.12. The number of alkyl carbamates (subject to hydrolysis) is 2. The van der Waals surface area contributed by atoms with Gasteiger partial charge in [0.05, 0.1) is 6.04 Å². The van der Waals surface area contributed by atoms with Gasteiger partial charge in [-0.2, -0.15) is 0 Å². The van der Waals surface area contributed by atoms with Gasteiger partial charge in [-0.3, -0.25) is 28.8 Å². The van der Waals surface area contributed by atoms with Gasteiger partial charge >= 0.3 is 18.2 Å². The highest BCUT2D eigenvalue weighted by Crippen LogP contribution is 2.14. The lowest BCUT2D eigenvalue weighted by Gasteiger charge is -2.24. The highest BCUT2D eigenvalue weighted by atomic mass is 16.6. The van der Waals surface area contributed by atoms with Gasteiger partial charge in [0.25, 0.3) is 0 Å². The van der Waals surface area contributed by atoms with Crippen molar-refractivity contribution >= 4 is 59.3 Å². The number of anilines is 2. The number of nitrogens with one attached hydrogen (secondary N) is 7. The molecule has 0 fully saturated rings. The number of aromatic nitrogens is 2. The van der Waals surface area contributed by atoms with Crippen LogP contribution >= 0.6 is 0 Å². The molecule has 7 amide bonds. The second kappa shape index (κ2) is 35.2. The van der Waals surface area contributed by atoms with Gasteiger partial charge in [0.1, 0.15) is 53.0 Å². The van der Waals surface area contributed by atoms with Crippen molar-refractivity contribution in [3.63, 3.8) is 0 Å². The summed E-state index contributed by atoms with van der Waals surface area (Å²) in [7, 11) is 0. The number of amides is 7. The van der Waals surface area contributed by atoms with Crippen LogP contribution in [-0.4, -0.2) is 110 Å². The van der Waals surface area contributed by atoms with E-state index in [0.717, 1.165) is 38.9 Å². The summed E-state index contributed by atoms with van der Waals surface area (Å²) in [5.41, 5.74) is 22.6. The number of carboxylic acids is 1. The number of aliphatic carboxylic acids is 1. The van der Waals surface area contributed by atoms with E-state index >= 15 is 0 Å². The van der Waals surface area contributed by atoms with Crippen LogP contribution in [0.5, 0.6) is 0 Å². The number of nitrogen functional groups attached to an aromatic ring is 2. The Bertz CT molecular complexity index is 2990. The summed E-state index contributed by atoms with van der Waals surface area (Å²) < 4.78 is 10.5. The van der Waals surface area contributed by atoms with Gasteiger partial charge in [-0.15, -0.1) is 0 Å². The number of benzene rings is 3. The second-order valence-electron chi connectivity index (χ2n) is 22.6. The first-order valence-corrected chi connectivity index (χ1v) is 28.4. The molecular formula is C63H88N12O11. The number of rotatable bonds is 24. The smallest absolute Gasteiger partial charge is 0.408 e. The molecule has 3 aromatic carbocycles. The van der Waals surface area contributed by atoms with E-state index in [1.807, 2.05) is 105 Å². The molecule has 0 aliphatic carbocycles. The fraction of sp³-hybridized carbons (Fsp3) is 0.429. The molecule has 23 nitrogen and oxygen atoms in total. The predicted molar refractivity (Wildman–Crippen MR) is 329 cm³/mol. The monoisotopic (exact) mass is 1190 g/mol. The third-order valence-corrected chi connectivity index (χ3v) is 12.7. The van der Waals surface area contributed by atoms with Crippen LogP contribution in [0.25, 0.3) is 0 Å². The summed E-state index contributed by atoms with van der Waals surface area (Å²) >= 11 is 0. The molecule has 14 N–H and O–H groups in total. The Morgan fingerprint density at radius 3 is 1.14 bits per heavy atom. The molecule has 0 bridgehead atoms. The van der Waals surface area contributed by atoms with Crippen molar-refractivity contribution in [2.24, 2.45) is 5.73 Å². The van der Waals surface area contributed by atoms with Crippen molar-refractivity contribution in [1.29, 1.82) is 0 Å². The third kappa shape index (κ3) is 28.4. The standard InChI is InChI=1S/C25H35N5O4.C20H27N5O2.C18H26N2O5/c1-16-13-21(26)27-14-19(16)15-28-22(31)17(2)29-23(32)20(30-24(33)34-25(3,4)5)12-11-18-9-7-6-8-10-18;1-13-10-18(22)23-11-16(13)12-24-19(26)14(2)25-20(27)17(21)9-8-15-6-4-3-5-7-15;1-12(16(22)23)19-15(21)14(20-17(24)25-18(2,3)4)11-10-13-8-6-5-7-9-13/h6-10,13-14,17,20H,11-12,15H2,1-5H3,(H2,26,27)(H,28,31)(H,29,32)(H,30,33);3-7,10-11,14,17H,8-9,12,21H2,1-2H3,(H2,22,23)(H,24,26)(H,25,27);5-9,12,14H,10-11H2,1-4H3,(H,19,21)(H,20,24)(H,22,23)/t17-,20+;14-,17+;12-,14+/m000/s1. The van der Waals surface area contributed by atoms with Crippen molar-refractivity contribution in [2.75, 3.05) is 11.5 Å². The van der Waals surface area contributed by atoms with E-state index in [2.05, 4.69) is 47.2 Å². The molecule has 0 spiro atoms. The molecule has 2 aromatic heterocycles. The summed E-state index contributed by atoms with van der Waals surface area (Å²) in [6, 6.07) is 27.5. The van der Waals surface area contributed by atoms with E-state index in [1.54, 1.807) is 79.9 Å². The Morgan fingerprint density at radius 2 is 0.814 bits per heavy atom. The average Bonchev–Trinajstić information content (AvgIpc) is 3.51. The zero-order chi connectivity index (χ0) is 64.1. The van der Waals surface area contributed by atoms with Crippen molar-refractivity contribution in [2.45, 2.75) is 175 Å². The van der Waals surface area contributed by atoms with E-state index in [-0.39, 0.29) is 24.3 Å². The van der Waals surface area contributed by atoms with Crippen molar-refractivity contribution in [1.82, 2.24) is 47.2 Å². The number of carboxylic acid groups (broad SMARTS) is 1. The number of pyridine rings is 2. The van der Waals surface area contributed by atoms with Gasteiger partial charge in [-0.05, 0) is 166 Å². The number of ether oxygens (including phenoxy) is 2. The van der Waals surface area contributed by atoms with Crippen molar-refractivity contribution in [3.05, 3.63) is 154 Å². The molecule has 466 valence electrons. The fourth-order valence-corrected chi connectivity index (χ4v) is 7.84. The van der Waals surface area contributed by atoms with E-state index in [4.69, 9.17) is 31.8 Å². The molecule has 0 saturated heterocycles. The average molecular weight is 1190 g/mol. The summed E-state index contributed by atoms with van der Waals surface area (Å²) in [4.78, 5) is 106. The lowest BCUT2D eigenvalue weighted by Crippen LogP contribution is -2.53. The van der Waals surface area contributed by atoms with Gasteiger partial charge in [0, 0.05) is 25.5 Å². The minimum absolute atomic E-state index is 0.256. The number of aryl methyl sites for hydroxylation is 5. The first kappa shape index (κ1) is 71.1. The van der Waals surface area contributed by atoms with Crippen LogP contribution in [0.15, 0.2) is 116 Å². The lowest BCUT2D eigenvalue weighted by atomic mass is 10.0. The number of carbonyl (C=O) groups is 8. The first-order valence-electron chi connectivity index (χ1n) is 28.4. The summed E-state index contributed by atoms with van der Waals surface area (Å²) in [6.45, 7) is 19.3. The Morgan fingerprint density at radius 1 is 0.488 bits per heavy atom. The van der Waals surface area contributed by atoms with Crippen LogP contribution < -0.4 is 54.4 Å². The summed E-state index contributed by atoms with van der Waals surface area (Å²) in [6.07, 6.45) is 4.84. The summed E-state index contributed by atoms with van der Waals surface area (Å²) in [5, 5.41) is 27.4. The molecule has 2 heterocycles. The maximum absolute atomic E-state index is 13.0. The highest BCUT2D eigenvalue weighted by Gasteiger charge is 2.29. The zero-order valence-electron chi connectivity index (χ0n) is 51.2. The van der Waals surface area contributed by atoms with Crippen LogP contribution in [-0.2, 0) is 70.6 Å². The van der Waals surface area contributed by atoms with E-state index in [9.17, 15) is 38.4 Å². The largest absolute Gasteiger partial charge is 0.480 e. The molecule has 86 heavy (non-hydrogen) atoms. The number of carbonyl (C=O) groups excluding carboxylic acids is 7. The second-order valence-corrected chi connectivity index (χ2v) is 22.6. The van der Waals surface area contributed by atoms with Crippen LogP contribution in [0.2, 0.25) is 0 Å². The first-order chi connectivity index (χ1) is 40.4. The number of nitrogens with two attached hydrogens (primary N) is 3. The maximum atomic E-state index is 13.0.